The number of unbranched alkanes of at least 4 members (excludes halogenated alkanes) is 1. The lowest BCUT2D eigenvalue weighted by Crippen LogP contribution is -2.30. The van der Waals surface area contributed by atoms with E-state index in [1.54, 1.807) is 48.5 Å². The fraction of sp³-hybridized carbons (Fsp3) is 0.364. The summed E-state index contributed by atoms with van der Waals surface area (Å²) in [5.74, 6) is 0.0985. The number of amides is 1. The van der Waals surface area contributed by atoms with Gasteiger partial charge in [0.05, 0.1) is 5.56 Å². The molecule has 0 radical (unpaired) electrons. The molecule has 1 unspecified atom stereocenters. The number of rotatable bonds is 9. The van der Waals surface area contributed by atoms with Crippen LogP contribution in [0.3, 0.4) is 0 Å². The predicted molar refractivity (Wildman–Crippen MR) is 107 cm³/mol. The largest absolute Gasteiger partial charge is 0.352 e. The van der Waals surface area contributed by atoms with Crippen LogP contribution < -0.4 is 5.32 Å². The van der Waals surface area contributed by atoms with Gasteiger partial charge in [0.15, 0.2) is 5.78 Å². The summed E-state index contributed by atoms with van der Waals surface area (Å²) in [7, 11) is 0. The molecule has 0 aliphatic rings. The van der Waals surface area contributed by atoms with Crippen LogP contribution in [0.25, 0.3) is 0 Å². The number of hydrogen-bond acceptors (Lipinski definition) is 2. The van der Waals surface area contributed by atoms with Crippen molar-refractivity contribution in [2.45, 2.75) is 39.5 Å². The highest BCUT2D eigenvalue weighted by Crippen LogP contribution is 2.18. The zero-order chi connectivity index (χ0) is 18.9. The van der Waals surface area contributed by atoms with Crippen molar-refractivity contribution in [2.75, 3.05) is 6.54 Å². The molecule has 138 valence electrons. The first-order valence-electron chi connectivity index (χ1n) is 9.24. The molecule has 2 aromatic carbocycles. The lowest BCUT2D eigenvalue weighted by molar-refractivity contribution is 0.0935. The Hall–Kier alpha value is -2.13. The third-order valence-corrected chi connectivity index (χ3v) is 4.87. The summed E-state index contributed by atoms with van der Waals surface area (Å²) in [4.78, 5) is 25.5. The van der Waals surface area contributed by atoms with Crippen molar-refractivity contribution in [1.82, 2.24) is 5.32 Å². The topological polar surface area (TPSA) is 46.2 Å². The fourth-order valence-corrected chi connectivity index (χ4v) is 3.04. The van der Waals surface area contributed by atoms with E-state index in [0.29, 0.717) is 34.2 Å². The number of ketones is 1. The van der Waals surface area contributed by atoms with Crippen LogP contribution in [0.4, 0.5) is 0 Å². The van der Waals surface area contributed by atoms with Crippen LogP contribution in [0.15, 0.2) is 48.5 Å². The third kappa shape index (κ3) is 5.43. The molecule has 0 heterocycles. The molecule has 26 heavy (non-hydrogen) atoms. The van der Waals surface area contributed by atoms with Gasteiger partial charge in [0, 0.05) is 22.7 Å². The van der Waals surface area contributed by atoms with Gasteiger partial charge in [0.1, 0.15) is 0 Å². The second kappa shape index (κ2) is 10.1. The standard InChI is InChI=1S/C22H26ClNO2/c1-3-5-8-16(4-2)15-24-22(26)20-10-7-6-9-19(20)21(25)17-11-13-18(23)14-12-17/h6-7,9-14,16H,3-5,8,15H2,1-2H3,(H,24,26). The van der Waals surface area contributed by atoms with Crippen molar-refractivity contribution in [3.05, 3.63) is 70.2 Å². The van der Waals surface area contributed by atoms with Gasteiger partial charge in [0.2, 0.25) is 0 Å². The van der Waals surface area contributed by atoms with Crippen LogP contribution in [0.5, 0.6) is 0 Å². The van der Waals surface area contributed by atoms with Gasteiger partial charge in [-0.1, -0.05) is 62.9 Å². The van der Waals surface area contributed by atoms with Crippen molar-refractivity contribution < 1.29 is 9.59 Å². The van der Waals surface area contributed by atoms with Crippen molar-refractivity contribution in [3.8, 4) is 0 Å². The Morgan fingerprint density at radius 2 is 1.65 bits per heavy atom. The van der Waals surface area contributed by atoms with E-state index in [-0.39, 0.29) is 11.7 Å². The number of carbonyl (C=O) groups excluding carboxylic acids is 2. The smallest absolute Gasteiger partial charge is 0.252 e. The minimum absolute atomic E-state index is 0.176. The Balaban J connectivity index is 2.13. The van der Waals surface area contributed by atoms with Gasteiger partial charge in [0.25, 0.3) is 5.91 Å². The zero-order valence-corrected chi connectivity index (χ0v) is 16.2. The highest BCUT2D eigenvalue weighted by atomic mass is 35.5. The quantitative estimate of drug-likeness (QED) is 0.590. The molecule has 2 aromatic rings. The molecule has 1 atom stereocenters. The fourth-order valence-electron chi connectivity index (χ4n) is 2.91. The molecule has 0 aliphatic heterocycles. The van der Waals surface area contributed by atoms with Crippen LogP contribution in [0.1, 0.15) is 65.8 Å². The lowest BCUT2D eigenvalue weighted by atomic mass is 9.97. The van der Waals surface area contributed by atoms with E-state index in [1.165, 1.54) is 6.42 Å². The van der Waals surface area contributed by atoms with E-state index >= 15 is 0 Å². The van der Waals surface area contributed by atoms with E-state index in [0.717, 1.165) is 19.3 Å². The van der Waals surface area contributed by atoms with E-state index in [2.05, 4.69) is 19.2 Å². The molecule has 0 spiro atoms. The predicted octanol–water partition coefficient (Wildman–Crippen LogP) is 5.52. The normalized spacial score (nSPS) is 11.8. The zero-order valence-electron chi connectivity index (χ0n) is 15.4. The van der Waals surface area contributed by atoms with Crippen molar-refractivity contribution in [1.29, 1.82) is 0 Å². The summed E-state index contributed by atoms with van der Waals surface area (Å²) < 4.78 is 0. The number of nitrogens with one attached hydrogen (secondary N) is 1. The third-order valence-electron chi connectivity index (χ3n) is 4.62. The van der Waals surface area contributed by atoms with E-state index in [1.807, 2.05) is 0 Å². The Kier molecular flexibility index (Phi) is 7.86. The van der Waals surface area contributed by atoms with Gasteiger partial charge in [-0.2, -0.15) is 0 Å². The van der Waals surface area contributed by atoms with Crippen LogP contribution in [-0.4, -0.2) is 18.2 Å². The Labute approximate surface area is 160 Å². The molecule has 0 aliphatic carbocycles. The molecular weight excluding hydrogens is 346 g/mol. The molecule has 4 heteroatoms. The van der Waals surface area contributed by atoms with Crippen molar-refractivity contribution >= 4 is 23.3 Å². The van der Waals surface area contributed by atoms with Crippen molar-refractivity contribution in [3.63, 3.8) is 0 Å². The van der Waals surface area contributed by atoms with Gasteiger partial charge < -0.3 is 5.32 Å². The maximum Gasteiger partial charge on any atom is 0.252 e. The molecule has 1 N–H and O–H groups in total. The summed E-state index contributed by atoms with van der Waals surface area (Å²) in [5, 5.41) is 3.58. The monoisotopic (exact) mass is 371 g/mol. The average molecular weight is 372 g/mol. The summed E-state index contributed by atoms with van der Waals surface area (Å²) in [6.45, 7) is 4.95. The number of halogens is 1. The van der Waals surface area contributed by atoms with Gasteiger partial charge in [-0.15, -0.1) is 0 Å². The Bertz CT molecular complexity index is 740. The summed E-state index contributed by atoms with van der Waals surface area (Å²) in [6.07, 6.45) is 4.47. The van der Waals surface area contributed by atoms with Gasteiger partial charge in [-0.25, -0.2) is 0 Å². The molecule has 0 bridgehead atoms. The first-order chi connectivity index (χ1) is 12.6. The second-order valence-corrected chi connectivity index (χ2v) is 6.94. The SMILES string of the molecule is CCCCC(CC)CNC(=O)c1ccccc1C(=O)c1ccc(Cl)cc1. The lowest BCUT2D eigenvalue weighted by Gasteiger charge is -2.16. The molecule has 0 aromatic heterocycles. The molecular formula is C22H26ClNO2. The average Bonchev–Trinajstić information content (AvgIpc) is 2.68. The van der Waals surface area contributed by atoms with E-state index in [9.17, 15) is 9.59 Å². The van der Waals surface area contributed by atoms with Gasteiger partial charge in [-0.05, 0) is 42.7 Å². The second-order valence-electron chi connectivity index (χ2n) is 6.51. The molecule has 1 amide bonds. The molecule has 2 rings (SSSR count). The molecule has 0 saturated heterocycles. The highest BCUT2D eigenvalue weighted by molar-refractivity contribution is 6.30. The van der Waals surface area contributed by atoms with Gasteiger partial charge in [-0.3, -0.25) is 9.59 Å². The van der Waals surface area contributed by atoms with Crippen LogP contribution in [0.2, 0.25) is 5.02 Å². The Morgan fingerprint density at radius 3 is 2.27 bits per heavy atom. The number of hydrogen-bond donors (Lipinski definition) is 1. The summed E-state index contributed by atoms with van der Waals surface area (Å²) >= 11 is 5.89. The number of carbonyl (C=O) groups is 2. The van der Waals surface area contributed by atoms with E-state index < -0.39 is 0 Å². The van der Waals surface area contributed by atoms with E-state index in [4.69, 9.17) is 11.6 Å². The maximum absolute atomic E-state index is 12.8. The molecule has 3 nitrogen and oxygen atoms in total. The summed E-state index contributed by atoms with van der Waals surface area (Å²) in [5.41, 5.74) is 1.34. The van der Waals surface area contributed by atoms with Crippen LogP contribution in [-0.2, 0) is 0 Å². The van der Waals surface area contributed by atoms with Crippen LogP contribution >= 0.6 is 11.6 Å². The maximum atomic E-state index is 12.8. The molecule has 0 saturated carbocycles. The minimum Gasteiger partial charge on any atom is -0.352 e. The van der Waals surface area contributed by atoms with Gasteiger partial charge >= 0.3 is 0 Å². The minimum atomic E-state index is -0.196. The number of benzene rings is 2. The Morgan fingerprint density at radius 1 is 1.00 bits per heavy atom. The van der Waals surface area contributed by atoms with Crippen molar-refractivity contribution in [2.24, 2.45) is 5.92 Å². The first kappa shape index (κ1) is 20.2. The molecule has 0 fully saturated rings. The highest BCUT2D eigenvalue weighted by Gasteiger charge is 2.18. The first-order valence-corrected chi connectivity index (χ1v) is 9.62. The summed E-state index contributed by atoms with van der Waals surface area (Å²) in [6, 6.07) is 13.7. The van der Waals surface area contributed by atoms with Crippen LogP contribution in [0, 0.1) is 5.92 Å².